The van der Waals surface area contributed by atoms with Crippen molar-refractivity contribution in [1.82, 2.24) is 4.98 Å². The molecule has 0 bridgehead atoms. The molecule has 0 atom stereocenters. The zero-order chi connectivity index (χ0) is 8.27. The highest BCUT2D eigenvalue weighted by atomic mass is 16.5. The van der Waals surface area contributed by atoms with Crippen LogP contribution >= 0.6 is 0 Å². The van der Waals surface area contributed by atoms with Gasteiger partial charge >= 0.3 is 0 Å². The number of nitrogens with zero attached hydrogens (tertiary/aromatic N) is 2. The van der Waals surface area contributed by atoms with Crippen LogP contribution in [0.2, 0.25) is 0 Å². The number of rotatable bonds is 1. The minimum Gasteiger partial charge on any atom is -0.280 e. The fourth-order valence-electron chi connectivity index (χ4n) is 0.640. The summed E-state index contributed by atoms with van der Waals surface area (Å²) in [5.74, 6) is -0.219. The molecule has 0 aliphatic rings. The summed E-state index contributed by atoms with van der Waals surface area (Å²) in [6, 6.07) is 4.94. The molecule has 58 valence electrons. The zero-order valence-corrected chi connectivity index (χ0v) is 6.06. The van der Waals surface area contributed by atoms with Gasteiger partial charge in [-0.2, -0.15) is 5.06 Å². The molecule has 0 aliphatic carbocycles. The second-order valence-electron chi connectivity index (χ2n) is 2.02. The Morgan fingerprint density at radius 1 is 1.64 bits per heavy atom. The molecule has 1 heterocycles. The van der Waals surface area contributed by atoms with E-state index in [2.05, 4.69) is 4.98 Å². The number of aromatic nitrogens is 1. The summed E-state index contributed by atoms with van der Waals surface area (Å²) in [4.78, 5) is 14.3. The Bertz CT molecular complexity index is 248. The van der Waals surface area contributed by atoms with Crippen LogP contribution < -0.4 is 5.06 Å². The van der Waals surface area contributed by atoms with Crippen LogP contribution in [0.3, 0.4) is 0 Å². The molecule has 1 aromatic rings. The molecule has 4 nitrogen and oxygen atoms in total. The third-order valence-corrected chi connectivity index (χ3v) is 1.16. The molecule has 1 N–H and O–H groups in total. The molecule has 0 radical (unpaired) electrons. The van der Waals surface area contributed by atoms with E-state index in [0.717, 1.165) is 0 Å². The van der Waals surface area contributed by atoms with Gasteiger partial charge in [0.25, 0.3) is 0 Å². The first-order valence-electron chi connectivity index (χ1n) is 3.12. The van der Waals surface area contributed by atoms with Gasteiger partial charge in [0.1, 0.15) is 0 Å². The van der Waals surface area contributed by atoms with E-state index in [0.29, 0.717) is 5.06 Å². The second kappa shape index (κ2) is 3.12. The van der Waals surface area contributed by atoms with E-state index in [1.54, 1.807) is 18.2 Å². The minimum absolute atomic E-state index is 0.236. The zero-order valence-electron chi connectivity index (χ0n) is 6.06. The number of carbonyl (C=O) groups excluding carboxylic acids is 1. The third-order valence-electron chi connectivity index (χ3n) is 1.16. The minimum atomic E-state index is -0.455. The first kappa shape index (κ1) is 7.68. The summed E-state index contributed by atoms with van der Waals surface area (Å²) < 4.78 is 0. The number of pyridine rings is 1. The van der Waals surface area contributed by atoms with Crippen LogP contribution in [0.4, 0.5) is 5.82 Å². The number of carbonyl (C=O) groups is 1. The van der Waals surface area contributed by atoms with E-state index < -0.39 is 5.91 Å². The molecule has 0 fully saturated rings. The molecule has 0 spiro atoms. The lowest BCUT2D eigenvalue weighted by atomic mass is 10.4. The van der Waals surface area contributed by atoms with Gasteiger partial charge in [0.2, 0.25) is 5.91 Å². The van der Waals surface area contributed by atoms with Crippen LogP contribution in [0.1, 0.15) is 6.92 Å². The van der Waals surface area contributed by atoms with Gasteiger partial charge < -0.3 is 0 Å². The first-order valence-corrected chi connectivity index (χ1v) is 3.12. The van der Waals surface area contributed by atoms with Gasteiger partial charge in [-0.25, -0.2) is 4.98 Å². The van der Waals surface area contributed by atoms with Crippen molar-refractivity contribution in [1.29, 1.82) is 0 Å². The Morgan fingerprint density at radius 3 is 2.82 bits per heavy atom. The quantitative estimate of drug-likeness (QED) is 0.479. The van der Waals surface area contributed by atoms with Crippen molar-refractivity contribution in [3.63, 3.8) is 0 Å². The summed E-state index contributed by atoms with van der Waals surface area (Å²) >= 11 is 0. The Balaban J connectivity index is 2.85. The second-order valence-corrected chi connectivity index (χ2v) is 2.02. The van der Waals surface area contributed by atoms with Crippen LogP contribution in [0, 0.1) is 0 Å². The van der Waals surface area contributed by atoms with Crippen LogP contribution in [0.25, 0.3) is 0 Å². The highest BCUT2D eigenvalue weighted by molar-refractivity contribution is 5.87. The first-order chi connectivity index (χ1) is 5.22. The SMILES string of the molecule is CC(=O)N(O)c1ccccn1. The van der Waals surface area contributed by atoms with Crippen molar-refractivity contribution >= 4 is 11.7 Å². The molecule has 0 unspecified atom stereocenters. The van der Waals surface area contributed by atoms with Gasteiger partial charge in [0.05, 0.1) is 0 Å². The molecule has 1 rings (SSSR count). The molecule has 4 heteroatoms. The molecule has 1 aromatic heterocycles. The van der Waals surface area contributed by atoms with E-state index >= 15 is 0 Å². The van der Waals surface area contributed by atoms with Crippen molar-refractivity contribution in [2.75, 3.05) is 5.06 Å². The number of anilines is 1. The third kappa shape index (κ3) is 1.75. The predicted octanol–water partition coefficient (Wildman–Crippen LogP) is 0.824. The lowest BCUT2D eigenvalue weighted by Crippen LogP contribution is -2.24. The molecule has 0 saturated carbocycles. The summed E-state index contributed by atoms with van der Waals surface area (Å²) in [7, 11) is 0. The van der Waals surface area contributed by atoms with Crippen molar-refractivity contribution < 1.29 is 10.0 Å². The normalized spacial score (nSPS) is 9.27. The monoisotopic (exact) mass is 152 g/mol. The van der Waals surface area contributed by atoms with Gasteiger partial charge in [0.15, 0.2) is 5.82 Å². The average molecular weight is 152 g/mol. The van der Waals surface area contributed by atoms with Crippen LogP contribution in [0.15, 0.2) is 24.4 Å². The van der Waals surface area contributed by atoms with Crippen molar-refractivity contribution in [2.45, 2.75) is 6.92 Å². The molecule has 0 aromatic carbocycles. The largest absolute Gasteiger partial charge is 0.280 e. The average Bonchev–Trinajstić information content (AvgIpc) is 2.05. The number of hydrogen-bond acceptors (Lipinski definition) is 3. The van der Waals surface area contributed by atoms with Crippen molar-refractivity contribution in [3.8, 4) is 0 Å². The number of hydroxylamine groups is 1. The molecule has 1 amide bonds. The highest BCUT2D eigenvalue weighted by Crippen LogP contribution is 2.05. The predicted molar refractivity (Wildman–Crippen MR) is 39.2 cm³/mol. The smallest absolute Gasteiger partial charge is 0.249 e. The Labute approximate surface area is 64.1 Å². The summed E-state index contributed by atoms with van der Waals surface area (Å²) in [5.41, 5.74) is 0. The fourth-order valence-corrected chi connectivity index (χ4v) is 0.640. The van der Waals surface area contributed by atoms with Crippen LogP contribution in [0.5, 0.6) is 0 Å². The molecule has 11 heavy (non-hydrogen) atoms. The Kier molecular flexibility index (Phi) is 2.18. The molecular formula is C7H8N2O2. The number of amides is 1. The maximum atomic E-state index is 10.6. The molecule has 0 aliphatic heterocycles. The van der Waals surface area contributed by atoms with E-state index in [1.807, 2.05) is 0 Å². The van der Waals surface area contributed by atoms with E-state index in [9.17, 15) is 4.79 Å². The number of hydrogen-bond donors (Lipinski definition) is 1. The van der Waals surface area contributed by atoms with Gasteiger partial charge in [0, 0.05) is 13.1 Å². The Morgan fingerprint density at radius 2 is 2.36 bits per heavy atom. The van der Waals surface area contributed by atoms with Gasteiger partial charge in [-0.15, -0.1) is 0 Å². The molecular weight excluding hydrogens is 144 g/mol. The van der Waals surface area contributed by atoms with Gasteiger partial charge in [-0.05, 0) is 12.1 Å². The van der Waals surface area contributed by atoms with Gasteiger partial charge in [-0.3, -0.25) is 10.0 Å². The maximum absolute atomic E-state index is 10.6. The lowest BCUT2D eigenvalue weighted by molar-refractivity contribution is -0.121. The Hall–Kier alpha value is -1.42. The van der Waals surface area contributed by atoms with E-state index in [1.165, 1.54) is 13.1 Å². The summed E-state index contributed by atoms with van der Waals surface area (Å²) in [6.45, 7) is 1.26. The van der Waals surface area contributed by atoms with E-state index in [4.69, 9.17) is 5.21 Å². The summed E-state index contributed by atoms with van der Waals surface area (Å²) in [5, 5.41) is 9.52. The maximum Gasteiger partial charge on any atom is 0.249 e. The fraction of sp³-hybridized carbons (Fsp3) is 0.143. The molecule has 0 saturated heterocycles. The van der Waals surface area contributed by atoms with Gasteiger partial charge in [-0.1, -0.05) is 6.07 Å². The standard InChI is InChI=1S/C7H8N2O2/c1-6(10)9(11)7-4-2-3-5-8-7/h2-5,11H,1H3. The van der Waals surface area contributed by atoms with E-state index in [-0.39, 0.29) is 5.82 Å². The van der Waals surface area contributed by atoms with Crippen molar-refractivity contribution in [2.24, 2.45) is 0 Å². The lowest BCUT2D eigenvalue weighted by Gasteiger charge is -2.09. The topological polar surface area (TPSA) is 53.4 Å². The van der Waals surface area contributed by atoms with Crippen LogP contribution in [-0.4, -0.2) is 16.1 Å². The van der Waals surface area contributed by atoms with Crippen LogP contribution in [-0.2, 0) is 4.79 Å². The summed E-state index contributed by atoms with van der Waals surface area (Å²) in [6.07, 6.45) is 1.50. The van der Waals surface area contributed by atoms with Crippen molar-refractivity contribution in [3.05, 3.63) is 24.4 Å². The highest BCUT2D eigenvalue weighted by Gasteiger charge is 2.06.